The summed E-state index contributed by atoms with van der Waals surface area (Å²) in [7, 11) is 0. The van der Waals surface area contributed by atoms with E-state index in [9.17, 15) is 9.59 Å². The average molecular weight is 191 g/mol. The van der Waals surface area contributed by atoms with Crippen molar-refractivity contribution in [3.8, 4) is 0 Å². The van der Waals surface area contributed by atoms with E-state index in [1.165, 1.54) is 43.1 Å². The molecule has 1 aliphatic carbocycles. The normalized spacial score (nSPS) is 31.9. The van der Waals surface area contributed by atoms with Gasteiger partial charge in [-0.25, -0.2) is 0 Å². The molecule has 0 aromatic heterocycles. The number of carbonyl (C=O) groups is 2. The van der Waals surface area contributed by atoms with E-state index < -0.39 is 0 Å². The van der Waals surface area contributed by atoms with Crippen molar-refractivity contribution in [2.45, 2.75) is 38.1 Å². The number of fused-ring (bicyclic) bond motifs is 1. The van der Waals surface area contributed by atoms with Crippen LogP contribution in [0.1, 0.15) is 32.1 Å². The van der Waals surface area contributed by atoms with Gasteiger partial charge in [-0.2, -0.15) is 0 Å². The molecule has 74 valence electrons. The van der Waals surface area contributed by atoms with E-state index in [1.807, 2.05) is 0 Å². The van der Waals surface area contributed by atoms with Gasteiger partial charge in [-0.3, -0.25) is 14.5 Å². The first-order valence-electron chi connectivity index (χ1n) is 5.38. The molecule has 3 heteroatoms. The zero-order valence-corrected chi connectivity index (χ0v) is 8.03. The molecule has 4 aliphatic rings. The molecule has 3 nitrogen and oxygen atoms in total. The van der Waals surface area contributed by atoms with E-state index >= 15 is 0 Å². The molecule has 3 heterocycles. The quantitative estimate of drug-likeness (QED) is 0.462. The molecular formula is C11H13NO2. The number of rotatable bonds is 1. The van der Waals surface area contributed by atoms with Gasteiger partial charge >= 0.3 is 0 Å². The van der Waals surface area contributed by atoms with Crippen molar-refractivity contribution < 1.29 is 9.59 Å². The van der Waals surface area contributed by atoms with E-state index in [0.29, 0.717) is 5.92 Å². The van der Waals surface area contributed by atoms with Gasteiger partial charge in [0.15, 0.2) is 0 Å². The number of hydrogen-bond donors (Lipinski definition) is 0. The lowest BCUT2D eigenvalue weighted by Crippen LogP contribution is -2.55. The van der Waals surface area contributed by atoms with Crippen LogP contribution in [-0.2, 0) is 9.59 Å². The zero-order valence-electron chi connectivity index (χ0n) is 8.03. The fourth-order valence-corrected chi connectivity index (χ4v) is 2.97. The summed E-state index contributed by atoms with van der Waals surface area (Å²) in [6, 6.07) is 0.162. The topological polar surface area (TPSA) is 37.4 Å². The second kappa shape index (κ2) is 2.69. The molecule has 1 saturated carbocycles. The standard InChI is InChI=1S/C11H13NO2/c13-9-6-8-10(12(9)11(8)14)7-4-2-1-3-5-7/h6-7,10H,1-5H2. The minimum atomic E-state index is -0.0828. The van der Waals surface area contributed by atoms with Crippen LogP contribution >= 0.6 is 0 Å². The molecule has 0 radical (unpaired) electrons. The maximum absolute atomic E-state index is 11.3. The maximum Gasteiger partial charge on any atom is 0.259 e. The van der Waals surface area contributed by atoms with Crippen molar-refractivity contribution in [1.29, 1.82) is 0 Å². The minimum Gasteiger partial charge on any atom is -0.269 e. The van der Waals surface area contributed by atoms with Crippen LogP contribution in [-0.4, -0.2) is 22.8 Å². The van der Waals surface area contributed by atoms with Crippen molar-refractivity contribution in [3.05, 3.63) is 11.6 Å². The Balaban J connectivity index is 1.80. The summed E-state index contributed by atoms with van der Waals surface area (Å²) >= 11 is 0. The number of nitrogens with zero attached hydrogens (tertiary/aromatic N) is 1. The van der Waals surface area contributed by atoms with Gasteiger partial charge < -0.3 is 0 Å². The molecule has 2 bridgehead atoms. The van der Waals surface area contributed by atoms with E-state index in [4.69, 9.17) is 0 Å². The van der Waals surface area contributed by atoms with Crippen LogP contribution in [0.5, 0.6) is 0 Å². The van der Waals surface area contributed by atoms with Crippen LogP contribution in [0.3, 0.4) is 0 Å². The fourth-order valence-electron chi connectivity index (χ4n) is 2.97. The lowest BCUT2D eigenvalue weighted by Gasteiger charge is -2.41. The van der Waals surface area contributed by atoms with E-state index in [2.05, 4.69) is 0 Å². The van der Waals surface area contributed by atoms with Gasteiger partial charge in [0.1, 0.15) is 0 Å². The monoisotopic (exact) mass is 191 g/mol. The summed E-state index contributed by atoms with van der Waals surface area (Å²) < 4.78 is 0. The molecule has 0 aromatic rings. The van der Waals surface area contributed by atoms with Crippen LogP contribution in [0.4, 0.5) is 0 Å². The molecule has 0 aromatic carbocycles. The number of hydrogen-bond acceptors (Lipinski definition) is 2. The minimum absolute atomic E-state index is 0.0365. The Morgan fingerprint density at radius 1 is 1.14 bits per heavy atom. The van der Waals surface area contributed by atoms with Gasteiger partial charge in [-0.1, -0.05) is 19.3 Å². The number of β-lactam (4-membered cyclic amide) rings is 1. The third kappa shape index (κ3) is 0.873. The molecule has 1 unspecified atom stereocenters. The highest BCUT2D eigenvalue weighted by Crippen LogP contribution is 2.42. The summed E-state index contributed by atoms with van der Waals surface area (Å²) in [5, 5.41) is 0. The Bertz CT molecular complexity index is 331. The van der Waals surface area contributed by atoms with E-state index in [0.717, 1.165) is 5.57 Å². The molecular weight excluding hydrogens is 178 g/mol. The van der Waals surface area contributed by atoms with Crippen molar-refractivity contribution in [2.75, 3.05) is 0 Å². The lowest BCUT2D eigenvalue weighted by atomic mass is 9.78. The number of imide groups is 1. The van der Waals surface area contributed by atoms with E-state index in [-0.39, 0.29) is 17.9 Å². The smallest absolute Gasteiger partial charge is 0.259 e. The summed E-state index contributed by atoms with van der Waals surface area (Å²) in [5.41, 5.74) is 0.780. The van der Waals surface area contributed by atoms with Crippen LogP contribution < -0.4 is 0 Å². The number of carbonyl (C=O) groups excluding carboxylic acids is 2. The largest absolute Gasteiger partial charge is 0.269 e. The molecule has 3 aliphatic heterocycles. The molecule has 0 spiro atoms. The molecule has 2 fully saturated rings. The first-order valence-corrected chi connectivity index (χ1v) is 5.38. The number of amides is 2. The lowest BCUT2D eigenvalue weighted by molar-refractivity contribution is -0.146. The molecule has 1 atom stereocenters. The average Bonchev–Trinajstić information content (AvgIpc) is 2.70. The molecule has 0 N–H and O–H groups in total. The van der Waals surface area contributed by atoms with Crippen molar-refractivity contribution in [3.63, 3.8) is 0 Å². The predicted octanol–water partition coefficient (Wildman–Crippen LogP) is 1.24. The molecule has 14 heavy (non-hydrogen) atoms. The van der Waals surface area contributed by atoms with Gasteiger partial charge in [0.25, 0.3) is 11.8 Å². The van der Waals surface area contributed by atoms with Gasteiger partial charge in [0.05, 0.1) is 6.04 Å². The molecule has 4 rings (SSSR count). The second-order valence-corrected chi connectivity index (χ2v) is 4.46. The SMILES string of the molecule is O=C1C=C2C(=O)N1C2C1CCCCC1. The Morgan fingerprint density at radius 3 is 2.36 bits per heavy atom. The van der Waals surface area contributed by atoms with Gasteiger partial charge in [0, 0.05) is 11.6 Å². The first kappa shape index (κ1) is 8.21. The summed E-state index contributed by atoms with van der Waals surface area (Å²) in [4.78, 5) is 24.1. The van der Waals surface area contributed by atoms with E-state index in [1.54, 1.807) is 0 Å². The maximum atomic E-state index is 11.3. The zero-order chi connectivity index (χ0) is 9.71. The Morgan fingerprint density at radius 2 is 1.86 bits per heavy atom. The van der Waals surface area contributed by atoms with Crippen LogP contribution in [0.15, 0.2) is 11.6 Å². The van der Waals surface area contributed by atoms with Crippen molar-refractivity contribution in [1.82, 2.24) is 4.90 Å². The van der Waals surface area contributed by atoms with Crippen molar-refractivity contribution >= 4 is 11.8 Å². The van der Waals surface area contributed by atoms with Gasteiger partial charge in [-0.05, 0) is 18.8 Å². The fraction of sp³-hybridized carbons (Fsp3) is 0.636. The highest BCUT2D eigenvalue weighted by Gasteiger charge is 2.54. The van der Waals surface area contributed by atoms with Crippen molar-refractivity contribution in [2.24, 2.45) is 5.92 Å². The first-order chi connectivity index (χ1) is 6.79. The van der Waals surface area contributed by atoms with Crippen LogP contribution in [0.25, 0.3) is 0 Å². The summed E-state index contributed by atoms with van der Waals surface area (Å²) in [6.45, 7) is 0. The van der Waals surface area contributed by atoms with Crippen LogP contribution in [0, 0.1) is 5.92 Å². The predicted molar refractivity (Wildman–Crippen MR) is 50.3 cm³/mol. The van der Waals surface area contributed by atoms with Gasteiger partial charge in [-0.15, -0.1) is 0 Å². The highest BCUT2D eigenvalue weighted by molar-refractivity contribution is 6.23. The summed E-state index contributed by atoms with van der Waals surface area (Å²) in [6.07, 6.45) is 7.71. The Labute approximate surface area is 82.8 Å². The Hall–Kier alpha value is -1.12. The third-order valence-corrected chi connectivity index (χ3v) is 3.68. The second-order valence-electron chi connectivity index (χ2n) is 4.46. The Kier molecular flexibility index (Phi) is 1.58. The van der Waals surface area contributed by atoms with Crippen LogP contribution in [0.2, 0.25) is 0 Å². The summed E-state index contributed by atoms with van der Waals surface area (Å²) in [5.74, 6) is 0.435. The highest BCUT2D eigenvalue weighted by atomic mass is 16.2. The molecule has 1 saturated heterocycles. The van der Waals surface area contributed by atoms with Gasteiger partial charge in [0.2, 0.25) is 0 Å². The third-order valence-electron chi connectivity index (χ3n) is 3.68. The molecule has 2 amide bonds.